The van der Waals surface area contributed by atoms with Gasteiger partial charge in [-0.2, -0.15) is 0 Å². The van der Waals surface area contributed by atoms with Crippen molar-refractivity contribution in [3.63, 3.8) is 0 Å². The number of anilines is 1. The monoisotopic (exact) mass is 502 g/mol. The number of aromatic nitrogens is 5. The first kappa shape index (κ1) is 24.2. The van der Waals surface area contributed by atoms with Crippen LogP contribution in [-0.4, -0.2) is 79.0 Å². The van der Waals surface area contributed by atoms with Gasteiger partial charge in [0.05, 0.1) is 37.0 Å². The van der Waals surface area contributed by atoms with E-state index < -0.39 is 33.0 Å². The zero-order valence-corrected chi connectivity index (χ0v) is 20.2. The van der Waals surface area contributed by atoms with E-state index in [1.165, 1.54) is 26.4 Å². The van der Waals surface area contributed by atoms with Gasteiger partial charge in [0.15, 0.2) is 11.6 Å². The third kappa shape index (κ3) is 4.98. The maximum Gasteiger partial charge on any atom is 0.240 e. The summed E-state index contributed by atoms with van der Waals surface area (Å²) >= 11 is 5.85. The van der Waals surface area contributed by atoms with Crippen LogP contribution in [0.5, 0.6) is 0 Å². The minimum Gasteiger partial charge on any atom is -0.382 e. The number of hydrogen-bond donors (Lipinski definition) is 1. The van der Waals surface area contributed by atoms with E-state index in [4.69, 9.17) is 30.5 Å². The third-order valence-electron chi connectivity index (χ3n) is 5.80. The van der Waals surface area contributed by atoms with Crippen molar-refractivity contribution in [2.45, 2.75) is 42.8 Å². The fourth-order valence-corrected chi connectivity index (χ4v) is 5.11. The summed E-state index contributed by atoms with van der Waals surface area (Å²) in [5, 5.41) is 7.70. The fourth-order valence-electron chi connectivity index (χ4n) is 3.88. The molecule has 1 aliphatic heterocycles. The highest BCUT2D eigenvalue weighted by molar-refractivity contribution is 7.93. The number of sulfonamides is 1. The summed E-state index contributed by atoms with van der Waals surface area (Å²) in [6.45, 7) is 3.12. The summed E-state index contributed by atoms with van der Waals surface area (Å²) in [6, 6.07) is 0. The molecule has 182 valence electrons. The molecule has 3 heterocycles. The highest BCUT2D eigenvalue weighted by atomic mass is 35.5. The predicted octanol–water partition coefficient (Wildman–Crippen LogP) is 1.46. The van der Waals surface area contributed by atoms with Crippen molar-refractivity contribution in [3.05, 3.63) is 29.1 Å². The van der Waals surface area contributed by atoms with Crippen LogP contribution >= 0.6 is 11.6 Å². The second kappa shape index (κ2) is 9.76. The molecule has 1 N–H and O–H groups in total. The molecule has 1 aliphatic carbocycles. The summed E-state index contributed by atoms with van der Waals surface area (Å²) < 4.78 is 53.2. The van der Waals surface area contributed by atoms with Gasteiger partial charge < -0.3 is 18.9 Å². The van der Waals surface area contributed by atoms with Gasteiger partial charge in [-0.25, -0.2) is 18.4 Å². The molecule has 0 spiro atoms. The second-order valence-electron chi connectivity index (χ2n) is 8.08. The predicted molar refractivity (Wildman–Crippen MR) is 117 cm³/mol. The van der Waals surface area contributed by atoms with E-state index in [1.54, 1.807) is 11.7 Å². The average molecular weight is 503 g/mol. The lowest BCUT2D eigenvalue weighted by molar-refractivity contribution is -0.0956. The molecule has 1 saturated heterocycles. The quantitative estimate of drug-likeness (QED) is 0.507. The molecular weight excluding hydrogens is 476 g/mol. The molecule has 2 aromatic rings. The van der Waals surface area contributed by atoms with Gasteiger partial charge in [0, 0.05) is 26.6 Å². The number of rotatable bonds is 10. The lowest BCUT2D eigenvalue weighted by Crippen LogP contribution is -2.36. The van der Waals surface area contributed by atoms with Crippen molar-refractivity contribution in [2.75, 3.05) is 45.4 Å². The standard InChI is InChI=1S/C19H27ClN6O6S/c1-12(15(30-3)16-21-8-13(20)9-22-16)33(27,28)25-18-24-23-17(14-10-31-6-7-32-14)26(18)19(4-5-19)11-29-2/h8-9,12,14-15H,4-7,10-11H2,1-3H3,(H,24,25)/t12?,14-,15?/m1/s1. The summed E-state index contributed by atoms with van der Waals surface area (Å²) in [6.07, 6.45) is 2.98. The summed E-state index contributed by atoms with van der Waals surface area (Å²) in [7, 11) is -0.995. The van der Waals surface area contributed by atoms with Gasteiger partial charge in [0.25, 0.3) is 0 Å². The Labute approximate surface area is 197 Å². The van der Waals surface area contributed by atoms with Crippen LogP contribution in [0.1, 0.15) is 43.6 Å². The lowest BCUT2D eigenvalue weighted by Gasteiger charge is -2.27. The molecule has 3 atom stereocenters. The minimum atomic E-state index is -3.99. The number of nitrogens with one attached hydrogen (secondary N) is 1. The van der Waals surface area contributed by atoms with Crippen LogP contribution in [0.4, 0.5) is 5.95 Å². The van der Waals surface area contributed by atoms with Gasteiger partial charge in [-0.1, -0.05) is 11.6 Å². The van der Waals surface area contributed by atoms with Crippen LogP contribution in [0.2, 0.25) is 5.02 Å². The molecule has 4 rings (SSSR count). The summed E-state index contributed by atoms with van der Waals surface area (Å²) in [5.41, 5.74) is -0.449. The number of nitrogens with zero attached hydrogens (tertiary/aromatic N) is 5. The molecule has 2 fully saturated rings. The Balaban J connectivity index is 1.64. The Kier molecular flexibility index (Phi) is 7.17. The van der Waals surface area contributed by atoms with E-state index in [0.29, 0.717) is 37.3 Å². The third-order valence-corrected chi connectivity index (χ3v) is 7.69. The normalized spacial score (nSPS) is 22.0. The van der Waals surface area contributed by atoms with Crippen LogP contribution in [0, 0.1) is 0 Å². The number of hydrogen-bond acceptors (Lipinski definition) is 10. The van der Waals surface area contributed by atoms with E-state index in [9.17, 15) is 8.42 Å². The highest BCUT2D eigenvalue weighted by Gasteiger charge is 2.49. The van der Waals surface area contributed by atoms with E-state index in [1.807, 2.05) is 0 Å². The second-order valence-corrected chi connectivity index (χ2v) is 10.6. The molecule has 2 aliphatic rings. The van der Waals surface area contributed by atoms with Gasteiger partial charge in [0.1, 0.15) is 17.5 Å². The van der Waals surface area contributed by atoms with Crippen molar-refractivity contribution < 1.29 is 27.4 Å². The van der Waals surface area contributed by atoms with Gasteiger partial charge in [-0.3, -0.25) is 9.29 Å². The van der Waals surface area contributed by atoms with Crippen molar-refractivity contribution in [1.82, 2.24) is 24.7 Å². The lowest BCUT2D eigenvalue weighted by atomic mass is 10.2. The SMILES string of the molecule is COCC1(n2c(NS(=O)(=O)C(C)C(OC)c3ncc(Cl)cn3)nnc2[C@H]2COCCO2)CC1. The zero-order chi connectivity index (χ0) is 23.6. The Morgan fingerprint density at radius 2 is 2.00 bits per heavy atom. The molecule has 1 saturated carbocycles. The Morgan fingerprint density at radius 3 is 2.58 bits per heavy atom. The number of methoxy groups -OCH3 is 2. The first-order valence-electron chi connectivity index (χ1n) is 10.5. The van der Waals surface area contributed by atoms with Crippen molar-refractivity contribution in [1.29, 1.82) is 0 Å². The molecule has 12 nitrogen and oxygen atoms in total. The Hall–Kier alpha value is -1.90. The molecule has 2 unspecified atom stereocenters. The van der Waals surface area contributed by atoms with Crippen LogP contribution in [-0.2, 0) is 34.5 Å². The average Bonchev–Trinajstić information content (AvgIpc) is 3.46. The number of ether oxygens (including phenoxy) is 4. The van der Waals surface area contributed by atoms with E-state index in [2.05, 4.69) is 24.9 Å². The largest absolute Gasteiger partial charge is 0.382 e. The number of halogens is 1. The maximum absolute atomic E-state index is 13.3. The Morgan fingerprint density at radius 1 is 1.27 bits per heavy atom. The molecule has 14 heteroatoms. The van der Waals surface area contributed by atoms with Crippen LogP contribution in [0.25, 0.3) is 0 Å². The van der Waals surface area contributed by atoms with Gasteiger partial charge in [-0.05, 0) is 19.8 Å². The smallest absolute Gasteiger partial charge is 0.240 e. The van der Waals surface area contributed by atoms with Crippen LogP contribution in [0.3, 0.4) is 0 Å². The van der Waals surface area contributed by atoms with Crippen molar-refractivity contribution in [3.8, 4) is 0 Å². The first-order chi connectivity index (χ1) is 15.8. The molecular formula is C19H27ClN6O6S. The van der Waals surface area contributed by atoms with E-state index in [-0.39, 0.29) is 11.8 Å². The maximum atomic E-state index is 13.3. The molecule has 2 aromatic heterocycles. The topological polar surface area (TPSA) is 140 Å². The molecule has 0 bridgehead atoms. The first-order valence-corrected chi connectivity index (χ1v) is 12.4. The Bertz CT molecular complexity index is 1060. The fraction of sp³-hybridized carbons (Fsp3) is 0.684. The zero-order valence-electron chi connectivity index (χ0n) is 18.6. The van der Waals surface area contributed by atoms with Gasteiger partial charge in [0.2, 0.25) is 16.0 Å². The molecule has 0 amide bonds. The summed E-state index contributed by atoms with van der Waals surface area (Å²) in [5.74, 6) is 0.791. The molecule has 33 heavy (non-hydrogen) atoms. The van der Waals surface area contributed by atoms with Crippen LogP contribution in [0.15, 0.2) is 12.4 Å². The van der Waals surface area contributed by atoms with E-state index in [0.717, 1.165) is 12.8 Å². The van der Waals surface area contributed by atoms with Crippen LogP contribution < -0.4 is 4.72 Å². The highest BCUT2D eigenvalue weighted by Crippen LogP contribution is 2.47. The van der Waals surface area contributed by atoms with E-state index >= 15 is 0 Å². The van der Waals surface area contributed by atoms with Crippen molar-refractivity contribution >= 4 is 27.6 Å². The van der Waals surface area contributed by atoms with Crippen molar-refractivity contribution in [2.24, 2.45) is 0 Å². The van der Waals surface area contributed by atoms with Gasteiger partial charge in [-0.15, -0.1) is 10.2 Å². The molecule has 0 radical (unpaired) electrons. The minimum absolute atomic E-state index is 0.0902. The summed E-state index contributed by atoms with van der Waals surface area (Å²) in [4.78, 5) is 8.21. The molecule has 0 aromatic carbocycles. The van der Waals surface area contributed by atoms with Gasteiger partial charge >= 0.3 is 0 Å².